The lowest BCUT2D eigenvalue weighted by Gasteiger charge is -2.37. The van der Waals surface area contributed by atoms with Crippen LogP contribution in [0, 0.1) is 5.92 Å². The molecule has 1 aromatic rings. The van der Waals surface area contributed by atoms with Crippen LogP contribution in [0.3, 0.4) is 0 Å². The molecular weight excluding hydrogens is 514 g/mol. The maximum atomic E-state index is 12.2. The molecule has 1 saturated heterocycles. The second-order valence-corrected chi connectivity index (χ2v) is 7.17. The fourth-order valence-electron chi connectivity index (χ4n) is 3.06. The fourth-order valence-corrected chi connectivity index (χ4v) is 3.06. The molecule has 1 aliphatic heterocycles. The highest BCUT2D eigenvalue weighted by Crippen LogP contribution is 2.17. The van der Waals surface area contributed by atoms with E-state index in [1.165, 1.54) is 12.3 Å². The Morgan fingerprint density at radius 3 is 2.50 bits per heavy atom. The molecule has 0 bridgehead atoms. The van der Waals surface area contributed by atoms with Crippen molar-refractivity contribution in [3.05, 3.63) is 23.9 Å². The summed E-state index contributed by atoms with van der Waals surface area (Å²) in [5.74, 6) is 1.08. The number of aromatic nitrogens is 1. The molecule has 172 valence electrons. The molecule has 0 radical (unpaired) electrons. The van der Waals surface area contributed by atoms with Gasteiger partial charge in [0.1, 0.15) is 0 Å². The number of ether oxygens (including phenoxy) is 2. The van der Waals surface area contributed by atoms with Crippen LogP contribution in [0.2, 0.25) is 0 Å². The molecule has 1 aliphatic rings. The molecule has 0 aromatic carbocycles. The predicted molar refractivity (Wildman–Crippen MR) is 120 cm³/mol. The van der Waals surface area contributed by atoms with Crippen molar-refractivity contribution in [2.24, 2.45) is 10.9 Å². The standard InChI is InChI=1S/C19H30F3N5O2.HI/c1-14(2)16(27-6-8-28-9-7-27)12-26-18(23-3)25-11-15-4-5-17(24-10-15)29-13-19(20,21)22;/h4-5,10,14,16H,6-9,11-13H2,1-3H3,(H2,23,25,26);1H. The van der Waals surface area contributed by atoms with Crippen molar-refractivity contribution in [1.82, 2.24) is 20.5 Å². The van der Waals surface area contributed by atoms with E-state index in [4.69, 9.17) is 4.74 Å². The number of aliphatic imine (C=N–C) groups is 1. The minimum atomic E-state index is -4.38. The molecule has 2 N–H and O–H groups in total. The van der Waals surface area contributed by atoms with E-state index >= 15 is 0 Å². The summed E-state index contributed by atoms with van der Waals surface area (Å²) in [6, 6.07) is 3.46. The van der Waals surface area contributed by atoms with Gasteiger partial charge >= 0.3 is 6.18 Å². The molecule has 30 heavy (non-hydrogen) atoms. The van der Waals surface area contributed by atoms with Crippen LogP contribution in [0.25, 0.3) is 0 Å². The Kier molecular flexibility index (Phi) is 11.7. The highest BCUT2D eigenvalue weighted by Gasteiger charge is 2.28. The minimum absolute atomic E-state index is 0. The van der Waals surface area contributed by atoms with Crippen molar-refractivity contribution < 1.29 is 22.6 Å². The molecule has 1 aromatic heterocycles. The van der Waals surface area contributed by atoms with Crippen LogP contribution < -0.4 is 15.4 Å². The maximum absolute atomic E-state index is 12.2. The summed E-state index contributed by atoms with van der Waals surface area (Å²) in [5.41, 5.74) is 0.806. The zero-order chi connectivity index (χ0) is 21.3. The number of pyridine rings is 1. The topological polar surface area (TPSA) is 71.0 Å². The number of hydrogen-bond donors (Lipinski definition) is 2. The van der Waals surface area contributed by atoms with Gasteiger partial charge in [-0.05, 0) is 11.5 Å². The average Bonchev–Trinajstić information content (AvgIpc) is 2.69. The maximum Gasteiger partial charge on any atom is 0.422 e. The lowest BCUT2D eigenvalue weighted by atomic mass is 10.0. The van der Waals surface area contributed by atoms with E-state index in [0.717, 1.165) is 38.4 Å². The number of halogens is 4. The number of nitrogens with one attached hydrogen (secondary N) is 2. The monoisotopic (exact) mass is 545 g/mol. The first kappa shape index (κ1) is 26.7. The van der Waals surface area contributed by atoms with Gasteiger partial charge in [-0.25, -0.2) is 4.98 Å². The van der Waals surface area contributed by atoms with Crippen molar-refractivity contribution in [2.75, 3.05) is 46.5 Å². The van der Waals surface area contributed by atoms with E-state index in [1.807, 2.05) is 0 Å². The van der Waals surface area contributed by atoms with E-state index in [2.05, 4.69) is 44.1 Å². The summed E-state index contributed by atoms with van der Waals surface area (Å²) in [6.45, 7) is 7.59. The Morgan fingerprint density at radius 1 is 1.27 bits per heavy atom. The summed E-state index contributed by atoms with van der Waals surface area (Å²) in [5, 5.41) is 6.55. The Bertz CT molecular complexity index is 638. The summed E-state index contributed by atoms with van der Waals surface area (Å²) < 4.78 is 46.6. The van der Waals surface area contributed by atoms with Gasteiger partial charge in [-0.2, -0.15) is 13.2 Å². The van der Waals surface area contributed by atoms with E-state index in [0.29, 0.717) is 24.5 Å². The Hall–Kier alpha value is -1.34. The molecule has 1 unspecified atom stereocenters. The minimum Gasteiger partial charge on any atom is -0.468 e. The second-order valence-electron chi connectivity index (χ2n) is 7.17. The molecule has 2 rings (SSSR count). The third-order valence-corrected chi connectivity index (χ3v) is 4.63. The molecule has 11 heteroatoms. The van der Waals surface area contributed by atoms with Gasteiger partial charge < -0.3 is 20.1 Å². The van der Waals surface area contributed by atoms with E-state index in [1.54, 1.807) is 13.1 Å². The third-order valence-electron chi connectivity index (χ3n) is 4.63. The van der Waals surface area contributed by atoms with Crippen molar-refractivity contribution in [3.63, 3.8) is 0 Å². The smallest absolute Gasteiger partial charge is 0.422 e. The molecule has 0 aliphatic carbocycles. The number of hydrogen-bond acceptors (Lipinski definition) is 5. The molecule has 0 amide bonds. The number of alkyl halides is 3. The highest BCUT2D eigenvalue weighted by atomic mass is 127. The molecular formula is C19H31F3IN5O2. The quantitative estimate of drug-likeness (QED) is 0.298. The van der Waals surface area contributed by atoms with Gasteiger partial charge in [0.25, 0.3) is 0 Å². The van der Waals surface area contributed by atoms with Crippen molar-refractivity contribution >= 4 is 29.9 Å². The van der Waals surface area contributed by atoms with E-state index < -0.39 is 12.8 Å². The summed E-state index contributed by atoms with van der Waals surface area (Å²) in [4.78, 5) is 10.6. The molecule has 0 spiro atoms. The van der Waals surface area contributed by atoms with Crippen LogP contribution in [0.15, 0.2) is 23.3 Å². The Balaban J connectivity index is 0.00000450. The number of rotatable bonds is 8. The second kappa shape index (κ2) is 13.2. The average molecular weight is 545 g/mol. The lowest BCUT2D eigenvalue weighted by molar-refractivity contribution is -0.154. The third kappa shape index (κ3) is 9.65. The van der Waals surface area contributed by atoms with Gasteiger partial charge in [0.15, 0.2) is 12.6 Å². The van der Waals surface area contributed by atoms with Crippen LogP contribution >= 0.6 is 24.0 Å². The number of morpholine rings is 1. The largest absolute Gasteiger partial charge is 0.468 e. The van der Waals surface area contributed by atoms with E-state index in [9.17, 15) is 13.2 Å². The fraction of sp³-hybridized carbons (Fsp3) is 0.684. The summed E-state index contributed by atoms with van der Waals surface area (Å²) >= 11 is 0. The van der Waals surface area contributed by atoms with Crippen LogP contribution in [-0.2, 0) is 11.3 Å². The Morgan fingerprint density at radius 2 is 1.97 bits per heavy atom. The molecule has 1 fully saturated rings. The van der Waals surface area contributed by atoms with Crippen molar-refractivity contribution in [3.8, 4) is 5.88 Å². The number of guanidine groups is 1. The molecule has 1 atom stereocenters. The van der Waals surface area contributed by atoms with Gasteiger partial charge in [0.05, 0.1) is 13.2 Å². The van der Waals surface area contributed by atoms with Gasteiger partial charge in [-0.3, -0.25) is 9.89 Å². The molecule has 7 nitrogen and oxygen atoms in total. The van der Waals surface area contributed by atoms with Gasteiger partial charge in [0, 0.05) is 51.5 Å². The highest BCUT2D eigenvalue weighted by molar-refractivity contribution is 14.0. The van der Waals surface area contributed by atoms with Gasteiger partial charge in [0.2, 0.25) is 5.88 Å². The van der Waals surface area contributed by atoms with Crippen molar-refractivity contribution in [1.29, 1.82) is 0 Å². The van der Waals surface area contributed by atoms with Crippen LogP contribution in [-0.4, -0.2) is 74.6 Å². The zero-order valence-electron chi connectivity index (χ0n) is 17.5. The van der Waals surface area contributed by atoms with Crippen LogP contribution in [0.1, 0.15) is 19.4 Å². The predicted octanol–water partition coefficient (Wildman–Crippen LogP) is 2.66. The van der Waals surface area contributed by atoms with Gasteiger partial charge in [-0.15, -0.1) is 24.0 Å². The lowest BCUT2D eigenvalue weighted by Crippen LogP contribution is -2.52. The first-order chi connectivity index (χ1) is 13.8. The molecule has 0 saturated carbocycles. The summed E-state index contributed by atoms with van der Waals surface area (Å²) in [7, 11) is 1.70. The first-order valence-electron chi connectivity index (χ1n) is 9.69. The SMILES string of the molecule is CN=C(NCc1ccc(OCC(F)(F)F)nc1)NCC(C(C)C)N1CCOCC1.I. The van der Waals surface area contributed by atoms with Crippen LogP contribution in [0.5, 0.6) is 5.88 Å². The number of nitrogens with zero attached hydrogens (tertiary/aromatic N) is 3. The van der Waals surface area contributed by atoms with Crippen LogP contribution in [0.4, 0.5) is 13.2 Å². The first-order valence-corrected chi connectivity index (χ1v) is 9.69. The van der Waals surface area contributed by atoms with E-state index in [-0.39, 0.29) is 29.9 Å². The summed E-state index contributed by atoms with van der Waals surface area (Å²) in [6.07, 6.45) is -2.90. The van der Waals surface area contributed by atoms with Gasteiger partial charge in [-0.1, -0.05) is 19.9 Å². The zero-order valence-corrected chi connectivity index (χ0v) is 19.9. The normalized spacial score (nSPS) is 16.7. The van der Waals surface area contributed by atoms with Crippen molar-refractivity contribution in [2.45, 2.75) is 32.6 Å². The molecule has 2 heterocycles. The Labute approximate surface area is 192 Å².